The molecular weight excluding hydrogens is 384 g/mol. The average molecular weight is 396 g/mol. The van der Waals surface area contributed by atoms with Gasteiger partial charge in [-0.25, -0.2) is 8.78 Å². The highest BCUT2D eigenvalue weighted by Gasteiger charge is 2.43. The maximum Gasteiger partial charge on any atom is 0.586 e. The van der Waals surface area contributed by atoms with Crippen LogP contribution in [0.1, 0.15) is 6.42 Å². The molecule has 1 N–H and O–H groups in total. The summed E-state index contributed by atoms with van der Waals surface area (Å²) in [5.74, 6) is -4.49. The molecule has 2 aliphatic heterocycles. The maximum absolute atomic E-state index is 13.4. The summed E-state index contributed by atoms with van der Waals surface area (Å²) in [5.41, 5.74) is 0.149. The Morgan fingerprint density at radius 2 is 1.75 bits per heavy atom. The predicted molar refractivity (Wildman–Crippen MR) is 88.1 cm³/mol. The number of hydrogen-bond acceptors (Lipinski definition) is 4. The number of rotatable bonds is 3. The Hall–Kier alpha value is -3.30. The van der Waals surface area contributed by atoms with E-state index in [0.29, 0.717) is 6.07 Å². The van der Waals surface area contributed by atoms with E-state index in [1.807, 2.05) is 0 Å². The number of nitrogens with zero attached hydrogens (tertiary/aromatic N) is 1. The van der Waals surface area contributed by atoms with Crippen LogP contribution in [0.2, 0.25) is 0 Å². The van der Waals surface area contributed by atoms with Gasteiger partial charge in [-0.3, -0.25) is 9.59 Å². The zero-order valence-electron chi connectivity index (χ0n) is 14.0. The lowest BCUT2D eigenvalue weighted by molar-refractivity contribution is -0.286. The number of nitrogens with one attached hydrogen (secondary N) is 1. The van der Waals surface area contributed by atoms with Gasteiger partial charge in [0.1, 0.15) is 17.6 Å². The number of benzene rings is 2. The van der Waals surface area contributed by atoms with Crippen LogP contribution in [0.25, 0.3) is 0 Å². The third-order valence-corrected chi connectivity index (χ3v) is 4.35. The van der Waals surface area contributed by atoms with Crippen LogP contribution in [0.15, 0.2) is 36.4 Å². The number of hydrogen-bond donors (Lipinski definition) is 1. The van der Waals surface area contributed by atoms with Crippen molar-refractivity contribution >= 4 is 23.2 Å². The topological polar surface area (TPSA) is 67.9 Å². The molecule has 10 heteroatoms. The fourth-order valence-electron chi connectivity index (χ4n) is 3.13. The van der Waals surface area contributed by atoms with E-state index in [1.165, 1.54) is 12.1 Å². The Labute approximate surface area is 155 Å². The van der Waals surface area contributed by atoms with E-state index < -0.39 is 35.7 Å². The van der Waals surface area contributed by atoms with Crippen molar-refractivity contribution in [1.29, 1.82) is 0 Å². The summed E-state index contributed by atoms with van der Waals surface area (Å²) in [4.78, 5) is 26.1. The fourth-order valence-corrected chi connectivity index (χ4v) is 3.13. The molecule has 0 aliphatic carbocycles. The maximum atomic E-state index is 13.4. The zero-order valence-corrected chi connectivity index (χ0v) is 14.0. The SMILES string of the molecule is O=C(Nc1ccc2c(c1)OC(F)(F)O2)C1CCN(c2cc(F)cc(F)c2)C1=O. The first-order chi connectivity index (χ1) is 13.2. The lowest BCUT2D eigenvalue weighted by Crippen LogP contribution is -2.33. The van der Waals surface area contributed by atoms with Crippen LogP contribution in [0.4, 0.5) is 28.9 Å². The Kier molecular flexibility index (Phi) is 4.13. The van der Waals surface area contributed by atoms with Crippen molar-refractivity contribution in [3.63, 3.8) is 0 Å². The molecule has 6 nitrogen and oxygen atoms in total. The molecule has 4 rings (SSSR count). The number of fused-ring (bicyclic) bond motifs is 1. The predicted octanol–water partition coefficient (Wildman–Crippen LogP) is 3.28. The largest absolute Gasteiger partial charge is 0.586 e. The number of carbonyl (C=O) groups is 2. The Morgan fingerprint density at radius 3 is 2.46 bits per heavy atom. The van der Waals surface area contributed by atoms with Gasteiger partial charge in [-0.05, 0) is 30.7 Å². The summed E-state index contributed by atoms with van der Waals surface area (Å²) < 4.78 is 61.4. The molecule has 2 aromatic carbocycles. The van der Waals surface area contributed by atoms with Crippen molar-refractivity contribution in [3.05, 3.63) is 48.0 Å². The first kappa shape index (κ1) is 18.1. The first-order valence-electron chi connectivity index (χ1n) is 8.20. The van der Waals surface area contributed by atoms with Gasteiger partial charge in [0.05, 0.1) is 0 Å². The van der Waals surface area contributed by atoms with Gasteiger partial charge < -0.3 is 19.7 Å². The molecule has 2 amide bonds. The molecule has 2 heterocycles. The van der Waals surface area contributed by atoms with Crippen molar-refractivity contribution < 1.29 is 36.6 Å². The molecule has 1 atom stereocenters. The molecule has 0 saturated carbocycles. The summed E-state index contributed by atoms with van der Waals surface area (Å²) in [7, 11) is 0. The fraction of sp³-hybridized carbons (Fsp3) is 0.222. The summed E-state index contributed by atoms with van der Waals surface area (Å²) >= 11 is 0. The standard InChI is InChI=1S/C18H12F4N2O4/c19-9-5-10(20)7-12(6-9)24-4-3-13(17(24)26)16(25)23-11-1-2-14-15(8-11)28-18(21,22)27-14/h1-2,5-8,13H,3-4H2,(H,23,25). The van der Waals surface area contributed by atoms with E-state index in [4.69, 9.17) is 0 Å². The van der Waals surface area contributed by atoms with Crippen LogP contribution < -0.4 is 19.7 Å². The minimum Gasteiger partial charge on any atom is -0.395 e. The number of ether oxygens (including phenoxy) is 2. The van der Waals surface area contributed by atoms with Crippen molar-refractivity contribution in [3.8, 4) is 11.5 Å². The van der Waals surface area contributed by atoms with Crippen molar-refractivity contribution in [2.24, 2.45) is 5.92 Å². The monoisotopic (exact) mass is 396 g/mol. The van der Waals surface area contributed by atoms with E-state index in [2.05, 4.69) is 14.8 Å². The summed E-state index contributed by atoms with van der Waals surface area (Å²) in [5, 5.41) is 2.45. The van der Waals surface area contributed by atoms with Crippen LogP contribution in [0, 0.1) is 17.6 Å². The van der Waals surface area contributed by atoms with Gasteiger partial charge in [0.2, 0.25) is 11.8 Å². The highest BCUT2D eigenvalue weighted by atomic mass is 19.3. The van der Waals surface area contributed by atoms with Gasteiger partial charge in [0.15, 0.2) is 11.5 Å². The minimum atomic E-state index is -3.78. The van der Waals surface area contributed by atoms with Crippen molar-refractivity contribution in [2.75, 3.05) is 16.8 Å². The molecule has 1 saturated heterocycles. The molecule has 1 fully saturated rings. The Morgan fingerprint density at radius 1 is 1.07 bits per heavy atom. The summed E-state index contributed by atoms with van der Waals surface area (Å²) in [6.07, 6.45) is -3.65. The average Bonchev–Trinajstić information content (AvgIpc) is 3.11. The Bertz CT molecular complexity index is 962. The lowest BCUT2D eigenvalue weighted by Gasteiger charge is -2.17. The molecule has 2 aromatic rings. The molecule has 146 valence electrons. The van der Waals surface area contributed by atoms with E-state index in [0.717, 1.165) is 23.1 Å². The molecule has 0 spiro atoms. The van der Waals surface area contributed by atoms with Gasteiger partial charge >= 0.3 is 6.29 Å². The number of amides is 2. The van der Waals surface area contributed by atoms with Gasteiger partial charge in [0.25, 0.3) is 0 Å². The van der Waals surface area contributed by atoms with Crippen LogP contribution in [0.3, 0.4) is 0 Å². The second-order valence-corrected chi connectivity index (χ2v) is 6.28. The van der Waals surface area contributed by atoms with Crippen LogP contribution in [0.5, 0.6) is 11.5 Å². The van der Waals surface area contributed by atoms with Gasteiger partial charge in [-0.1, -0.05) is 0 Å². The van der Waals surface area contributed by atoms with Crippen molar-refractivity contribution in [2.45, 2.75) is 12.7 Å². The number of anilines is 2. The van der Waals surface area contributed by atoms with Gasteiger partial charge in [-0.2, -0.15) is 0 Å². The van der Waals surface area contributed by atoms with Crippen LogP contribution >= 0.6 is 0 Å². The number of alkyl halides is 2. The van der Waals surface area contributed by atoms with E-state index in [1.54, 1.807) is 0 Å². The third-order valence-electron chi connectivity index (χ3n) is 4.35. The quantitative estimate of drug-likeness (QED) is 0.639. The number of carbonyl (C=O) groups excluding carboxylic acids is 2. The van der Waals surface area contributed by atoms with Crippen molar-refractivity contribution in [1.82, 2.24) is 0 Å². The Balaban J connectivity index is 1.47. The zero-order chi connectivity index (χ0) is 20.1. The minimum absolute atomic E-state index is 0.0168. The lowest BCUT2D eigenvalue weighted by atomic mass is 10.1. The van der Waals surface area contributed by atoms with E-state index >= 15 is 0 Å². The second-order valence-electron chi connectivity index (χ2n) is 6.28. The van der Waals surface area contributed by atoms with Crippen LogP contribution in [-0.4, -0.2) is 24.7 Å². The molecule has 0 radical (unpaired) electrons. The molecule has 1 unspecified atom stereocenters. The van der Waals surface area contributed by atoms with E-state index in [9.17, 15) is 27.2 Å². The first-order valence-corrected chi connectivity index (χ1v) is 8.20. The highest BCUT2D eigenvalue weighted by Crippen LogP contribution is 2.42. The number of halogens is 4. The normalized spacial score (nSPS) is 19.8. The molecular formula is C18H12F4N2O4. The molecule has 0 bridgehead atoms. The smallest absolute Gasteiger partial charge is 0.395 e. The molecule has 28 heavy (non-hydrogen) atoms. The van der Waals surface area contributed by atoms with Gasteiger partial charge in [0, 0.05) is 30.1 Å². The molecule has 2 aliphatic rings. The summed E-state index contributed by atoms with van der Waals surface area (Å²) in [6.45, 7) is 0.104. The molecule has 0 aromatic heterocycles. The second kappa shape index (κ2) is 6.39. The summed E-state index contributed by atoms with van der Waals surface area (Å²) in [6, 6.07) is 6.34. The highest BCUT2D eigenvalue weighted by molar-refractivity contribution is 6.13. The van der Waals surface area contributed by atoms with Gasteiger partial charge in [-0.15, -0.1) is 8.78 Å². The van der Waals surface area contributed by atoms with E-state index in [-0.39, 0.29) is 35.8 Å². The van der Waals surface area contributed by atoms with Crippen LogP contribution in [-0.2, 0) is 9.59 Å². The third kappa shape index (κ3) is 3.32.